The van der Waals surface area contributed by atoms with Crippen molar-refractivity contribution in [1.82, 2.24) is 9.88 Å². The number of halogens is 1. The van der Waals surface area contributed by atoms with Crippen molar-refractivity contribution in [2.24, 2.45) is 5.92 Å². The van der Waals surface area contributed by atoms with Crippen molar-refractivity contribution in [3.8, 4) is 5.75 Å². The fraction of sp³-hybridized carbons (Fsp3) is 0.308. The molecule has 2 heterocycles. The van der Waals surface area contributed by atoms with Gasteiger partial charge in [0.2, 0.25) is 0 Å². The van der Waals surface area contributed by atoms with Gasteiger partial charge in [0.05, 0.1) is 16.6 Å². The fourth-order valence-electron chi connectivity index (χ4n) is 3.77. The molecule has 1 aliphatic rings. The van der Waals surface area contributed by atoms with Gasteiger partial charge in [-0.3, -0.25) is 9.69 Å². The van der Waals surface area contributed by atoms with Gasteiger partial charge in [-0.1, -0.05) is 49.7 Å². The molecule has 1 aromatic heterocycles. The van der Waals surface area contributed by atoms with Crippen LogP contribution in [0.2, 0.25) is 5.02 Å². The van der Waals surface area contributed by atoms with Crippen LogP contribution < -0.4 is 15.0 Å². The number of pyridine rings is 1. The Hall–Kier alpha value is -3.09. The van der Waals surface area contributed by atoms with E-state index in [-0.39, 0.29) is 11.9 Å². The van der Waals surface area contributed by atoms with Crippen molar-refractivity contribution in [1.29, 1.82) is 0 Å². The minimum Gasteiger partial charge on any atom is -0.422 e. The summed E-state index contributed by atoms with van der Waals surface area (Å²) < 4.78 is 5.58. The van der Waals surface area contributed by atoms with E-state index < -0.39 is 0 Å². The number of ether oxygens (including phenoxy) is 1. The molecule has 33 heavy (non-hydrogen) atoms. The zero-order chi connectivity index (χ0) is 23.2. The topological polar surface area (TPSA) is 57.7 Å². The molecular weight excluding hydrogens is 436 g/mol. The van der Waals surface area contributed by atoms with Crippen LogP contribution in [0.25, 0.3) is 0 Å². The van der Waals surface area contributed by atoms with Crippen molar-refractivity contribution in [2.45, 2.75) is 20.4 Å². The van der Waals surface area contributed by atoms with E-state index in [4.69, 9.17) is 16.3 Å². The van der Waals surface area contributed by atoms with Gasteiger partial charge in [-0.25, -0.2) is 4.98 Å². The van der Waals surface area contributed by atoms with Crippen LogP contribution in [-0.4, -0.2) is 42.0 Å². The van der Waals surface area contributed by atoms with Crippen LogP contribution in [0.15, 0.2) is 66.9 Å². The predicted octanol–water partition coefficient (Wildman–Crippen LogP) is 5.36. The van der Waals surface area contributed by atoms with Crippen LogP contribution in [0.5, 0.6) is 5.75 Å². The first kappa shape index (κ1) is 23.1. The molecule has 0 unspecified atom stereocenters. The van der Waals surface area contributed by atoms with Gasteiger partial charge in [0.1, 0.15) is 0 Å². The third-order valence-electron chi connectivity index (χ3n) is 5.59. The zero-order valence-electron chi connectivity index (χ0n) is 19.0. The third-order valence-corrected chi connectivity index (χ3v) is 5.92. The molecule has 172 valence electrons. The Morgan fingerprint density at radius 1 is 1.06 bits per heavy atom. The second-order valence-corrected chi connectivity index (χ2v) is 8.88. The number of piperazine rings is 1. The quantitative estimate of drug-likeness (QED) is 0.475. The van der Waals surface area contributed by atoms with E-state index in [9.17, 15) is 4.79 Å². The molecule has 0 radical (unpaired) electrons. The summed E-state index contributed by atoms with van der Waals surface area (Å²) in [6, 6.07) is 19.8. The molecule has 0 atom stereocenters. The lowest BCUT2D eigenvalue weighted by molar-refractivity contribution is -0.137. The molecule has 4 rings (SSSR count). The molecule has 0 aliphatic carbocycles. The summed E-state index contributed by atoms with van der Waals surface area (Å²) in [5, 5.41) is 4.10. The number of para-hydroxylation sites is 1. The van der Waals surface area contributed by atoms with Crippen LogP contribution in [0, 0.1) is 5.92 Å². The van der Waals surface area contributed by atoms with Gasteiger partial charge < -0.3 is 15.0 Å². The Balaban J connectivity index is 1.36. The van der Waals surface area contributed by atoms with Gasteiger partial charge in [0.15, 0.2) is 11.6 Å². The summed E-state index contributed by atoms with van der Waals surface area (Å²) in [4.78, 5) is 21.2. The maximum atomic E-state index is 12.1. The van der Waals surface area contributed by atoms with Crippen molar-refractivity contribution in [3.05, 3.63) is 77.4 Å². The van der Waals surface area contributed by atoms with Crippen molar-refractivity contribution in [3.63, 3.8) is 0 Å². The molecule has 3 aromatic rings. The molecule has 0 bridgehead atoms. The first-order valence-electron chi connectivity index (χ1n) is 11.2. The minimum atomic E-state index is -0.242. The SMILES string of the molecule is CC(C)C(=O)Oc1cccnc1N1CCN(Cc2cccc(Nc3ccccc3Cl)c2)CC1. The monoisotopic (exact) mass is 464 g/mol. The highest BCUT2D eigenvalue weighted by atomic mass is 35.5. The standard InChI is InChI=1S/C26H29ClN4O2/c1-19(2)26(32)33-24-11-6-12-28-25(24)31-15-13-30(14-16-31)18-20-7-5-8-21(17-20)29-23-10-4-3-9-22(23)27/h3-12,17,19,29H,13-16,18H2,1-2H3. The number of anilines is 3. The van der Waals surface area contributed by atoms with Crippen molar-refractivity contribution in [2.75, 3.05) is 36.4 Å². The largest absolute Gasteiger partial charge is 0.422 e. The Labute approximate surface area is 200 Å². The third kappa shape index (κ3) is 6.03. The van der Waals surface area contributed by atoms with E-state index in [1.165, 1.54) is 5.56 Å². The van der Waals surface area contributed by atoms with Gasteiger partial charge in [-0.15, -0.1) is 0 Å². The number of nitrogens with zero attached hydrogens (tertiary/aromatic N) is 3. The molecule has 1 aliphatic heterocycles. The summed E-state index contributed by atoms with van der Waals surface area (Å²) in [5.41, 5.74) is 3.16. The van der Waals surface area contributed by atoms with Gasteiger partial charge in [0, 0.05) is 44.6 Å². The first-order valence-corrected chi connectivity index (χ1v) is 11.6. The lowest BCUT2D eigenvalue weighted by Crippen LogP contribution is -2.46. The van der Waals surface area contributed by atoms with Crippen molar-refractivity contribution >= 4 is 34.8 Å². The molecule has 0 amide bonds. The van der Waals surface area contributed by atoms with Crippen LogP contribution >= 0.6 is 11.6 Å². The Kier molecular flexibility index (Phi) is 7.47. The number of esters is 1. The number of aromatic nitrogens is 1. The van der Waals surface area contributed by atoms with E-state index in [0.717, 1.165) is 49.9 Å². The Bertz CT molecular complexity index is 1100. The highest BCUT2D eigenvalue weighted by Gasteiger charge is 2.22. The second-order valence-electron chi connectivity index (χ2n) is 8.47. The van der Waals surface area contributed by atoms with Crippen LogP contribution in [0.4, 0.5) is 17.2 Å². The minimum absolute atomic E-state index is 0.182. The Morgan fingerprint density at radius 3 is 2.61 bits per heavy atom. The number of hydrogen-bond donors (Lipinski definition) is 1. The van der Waals surface area contributed by atoms with E-state index in [0.29, 0.717) is 10.8 Å². The molecule has 1 saturated heterocycles. The maximum Gasteiger partial charge on any atom is 0.313 e. The van der Waals surface area contributed by atoms with Crippen LogP contribution in [-0.2, 0) is 11.3 Å². The van der Waals surface area contributed by atoms with E-state index >= 15 is 0 Å². The normalized spacial score (nSPS) is 14.4. The lowest BCUT2D eigenvalue weighted by Gasteiger charge is -2.36. The smallest absolute Gasteiger partial charge is 0.313 e. The zero-order valence-corrected chi connectivity index (χ0v) is 19.8. The molecule has 0 saturated carbocycles. The van der Waals surface area contributed by atoms with Gasteiger partial charge >= 0.3 is 5.97 Å². The summed E-state index contributed by atoms with van der Waals surface area (Å²) in [6.45, 7) is 7.96. The number of hydrogen-bond acceptors (Lipinski definition) is 6. The fourth-order valence-corrected chi connectivity index (χ4v) is 3.95. The molecule has 0 spiro atoms. The molecule has 2 aromatic carbocycles. The average Bonchev–Trinajstić information content (AvgIpc) is 2.82. The molecule has 1 N–H and O–H groups in total. The average molecular weight is 465 g/mol. The van der Waals surface area contributed by atoms with Gasteiger partial charge in [-0.2, -0.15) is 0 Å². The van der Waals surface area contributed by atoms with E-state index in [1.807, 2.05) is 50.2 Å². The number of carbonyl (C=O) groups excluding carboxylic acids is 1. The van der Waals surface area contributed by atoms with Crippen LogP contribution in [0.3, 0.4) is 0 Å². The number of carbonyl (C=O) groups is 1. The summed E-state index contributed by atoms with van der Waals surface area (Å²) in [7, 11) is 0. The van der Waals surface area contributed by atoms with Crippen LogP contribution in [0.1, 0.15) is 19.4 Å². The molecule has 6 nitrogen and oxygen atoms in total. The number of benzene rings is 2. The summed E-state index contributed by atoms with van der Waals surface area (Å²) >= 11 is 6.28. The highest BCUT2D eigenvalue weighted by Crippen LogP contribution is 2.28. The van der Waals surface area contributed by atoms with Gasteiger partial charge in [-0.05, 0) is 42.0 Å². The molecular formula is C26H29ClN4O2. The maximum absolute atomic E-state index is 12.1. The lowest BCUT2D eigenvalue weighted by atomic mass is 10.1. The highest BCUT2D eigenvalue weighted by molar-refractivity contribution is 6.33. The van der Waals surface area contributed by atoms with E-state index in [1.54, 1.807) is 12.3 Å². The molecule has 1 fully saturated rings. The van der Waals surface area contributed by atoms with Crippen molar-refractivity contribution < 1.29 is 9.53 Å². The van der Waals surface area contributed by atoms with E-state index in [2.05, 4.69) is 38.3 Å². The molecule has 7 heteroatoms. The predicted molar refractivity (Wildman–Crippen MR) is 133 cm³/mol. The second kappa shape index (κ2) is 10.7. The summed E-state index contributed by atoms with van der Waals surface area (Å²) in [6.07, 6.45) is 1.74. The summed E-state index contributed by atoms with van der Waals surface area (Å²) in [5.74, 6) is 0.839. The number of nitrogens with one attached hydrogen (secondary N) is 1. The number of rotatable bonds is 7. The first-order chi connectivity index (χ1) is 16.0. The van der Waals surface area contributed by atoms with Gasteiger partial charge in [0.25, 0.3) is 0 Å². The Morgan fingerprint density at radius 2 is 1.85 bits per heavy atom.